The largest absolute Gasteiger partial charge is 0.354 e. The van der Waals surface area contributed by atoms with Crippen LogP contribution in [0.15, 0.2) is 18.2 Å². The van der Waals surface area contributed by atoms with E-state index >= 15 is 0 Å². The van der Waals surface area contributed by atoms with Gasteiger partial charge in [0, 0.05) is 25.2 Å². The first-order chi connectivity index (χ1) is 9.06. The minimum Gasteiger partial charge on any atom is -0.354 e. The van der Waals surface area contributed by atoms with Crippen molar-refractivity contribution >= 4 is 5.82 Å². The topological polar surface area (TPSA) is 28.2 Å². The Labute approximate surface area is 117 Å². The van der Waals surface area contributed by atoms with Crippen LogP contribution in [0.2, 0.25) is 0 Å². The Bertz CT molecular complexity index is 397. The van der Waals surface area contributed by atoms with Crippen molar-refractivity contribution in [3.05, 3.63) is 23.9 Å². The van der Waals surface area contributed by atoms with E-state index in [-0.39, 0.29) is 0 Å². The van der Waals surface area contributed by atoms with Gasteiger partial charge in [0.25, 0.3) is 0 Å². The normalized spacial score (nSPS) is 15.3. The van der Waals surface area contributed by atoms with E-state index in [9.17, 15) is 0 Å². The minimum atomic E-state index is 0.498. The fourth-order valence-electron chi connectivity index (χ4n) is 2.18. The first kappa shape index (κ1) is 14.3. The van der Waals surface area contributed by atoms with Crippen molar-refractivity contribution in [3.8, 4) is 0 Å². The second kappa shape index (κ2) is 6.38. The summed E-state index contributed by atoms with van der Waals surface area (Å²) in [5.41, 5.74) is 1.13. The van der Waals surface area contributed by atoms with Gasteiger partial charge < -0.3 is 10.2 Å². The third-order valence-corrected chi connectivity index (χ3v) is 3.55. The lowest BCUT2D eigenvalue weighted by Gasteiger charge is -2.28. The van der Waals surface area contributed by atoms with E-state index in [2.05, 4.69) is 56.1 Å². The van der Waals surface area contributed by atoms with Crippen LogP contribution in [0.3, 0.4) is 0 Å². The zero-order valence-corrected chi connectivity index (χ0v) is 12.7. The summed E-state index contributed by atoms with van der Waals surface area (Å²) in [4.78, 5) is 7.25. The molecule has 2 rings (SSSR count). The average Bonchev–Trinajstić information content (AvgIpc) is 3.17. The minimum absolute atomic E-state index is 0.498. The van der Waals surface area contributed by atoms with Crippen LogP contribution in [-0.4, -0.2) is 23.6 Å². The Kier molecular flexibility index (Phi) is 4.81. The molecular weight excluding hydrogens is 234 g/mol. The third kappa shape index (κ3) is 4.50. The number of hydrogen-bond donors (Lipinski definition) is 1. The van der Waals surface area contributed by atoms with Crippen LogP contribution >= 0.6 is 0 Å². The first-order valence-electron chi connectivity index (χ1n) is 7.52. The number of hydrogen-bond acceptors (Lipinski definition) is 3. The molecule has 3 nitrogen and oxygen atoms in total. The van der Waals surface area contributed by atoms with E-state index in [1.165, 1.54) is 12.8 Å². The zero-order valence-electron chi connectivity index (χ0n) is 12.7. The van der Waals surface area contributed by atoms with E-state index < -0.39 is 0 Å². The summed E-state index contributed by atoms with van der Waals surface area (Å²) < 4.78 is 0. The van der Waals surface area contributed by atoms with Gasteiger partial charge in [0.1, 0.15) is 5.82 Å². The molecule has 0 bridgehead atoms. The summed E-state index contributed by atoms with van der Waals surface area (Å²) in [6.07, 6.45) is 2.77. The molecule has 0 amide bonds. The quantitative estimate of drug-likeness (QED) is 0.817. The summed E-state index contributed by atoms with van der Waals surface area (Å²) in [7, 11) is 0. The molecule has 0 spiro atoms. The summed E-state index contributed by atoms with van der Waals surface area (Å²) in [6.45, 7) is 10.8. The van der Waals surface area contributed by atoms with E-state index in [4.69, 9.17) is 4.98 Å². The van der Waals surface area contributed by atoms with Gasteiger partial charge in [-0.2, -0.15) is 0 Å². The molecule has 0 radical (unpaired) electrons. The number of rotatable bonds is 7. The molecule has 1 aromatic heterocycles. The van der Waals surface area contributed by atoms with Crippen molar-refractivity contribution in [1.29, 1.82) is 0 Å². The Morgan fingerprint density at radius 2 is 2.00 bits per heavy atom. The molecule has 1 heterocycles. The predicted molar refractivity (Wildman–Crippen MR) is 81.4 cm³/mol. The van der Waals surface area contributed by atoms with Crippen molar-refractivity contribution in [2.45, 2.75) is 59.2 Å². The van der Waals surface area contributed by atoms with Gasteiger partial charge in [0.2, 0.25) is 0 Å². The summed E-state index contributed by atoms with van der Waals surface area (Å²) in [5, 5.41) is 3.43. The summed E-state index contributed by atoms with van der Waals surface area (Å²) >= 11 is 0. The van der Waals surface area contributed by atoms with Crippen molar-refractivity contribution in [2.75, 3.05) is 11.4 Å². The molecule has 1 aliphatic carbocycles. The molecule has 1 fully saturated rings. The molecule has 1 aliphatic rings. The van der Waals surface area contributed by atoms with E-state index in [0.29, 0.717) is 12.1 Å². The standard InChI is InChI=1S/C16H27N3/c1-12(2)17-10-15-6-5-7-16(18-15)19(13(3)4)11-14-8-9-14/h5-7,12-14,17H,8-11H2,1-4H3. The van der Waals surface area contributed by atoms with Crippen LogP contribution in [0.25, 0.3) is 0 Å². The molecule has 0 atom stereocenters. The maximum atomic E-state index is 4.81. The molecule has 1 aromatic rings. The van der Waals surface area contributed by atoms with Crippen LogP contribution in [0.1, 0.15) is 46.2 Å². The summed E-state index contributed by atoms with van der Waals surface area (Å²) in [6, 6.07) is 7.39. The van der Waals surface area contributed by atoms with Gasteiger partial charge in [-0.15, -0.1) is 0 Å². The number of anilines is 1. The molecule has 0 aliphatic heterocycles. The fraction of sp³-hybridized carbons (Fsp3) is 0.688. The SMILES string of the molecule is CC(C)NCc1cccc(N(CC2CC2)C(C)C)n1. The first-order valence-corrected chi connectivity index (χ1v) is 7.52. The summed E-state index contributed by atoms with van der Waals surface area (Å²) in [5.74, 6) is 2.02. The van der Waals surface area contributed by atoms with E-state index in [1.807, 2.05) is 0 Å². The van der Waals surface area contributed by atoms with E-state index in [1.54, 1.807) is 0 Å². The Morgan fingerprint density at radius 3 is 2.58 bits per heavy atom. The highest BCUT2D eigenvalue weighted by Gasteiger charge is 2.26. The van der Waals surface area contributed by atoms with Crippen molar-refractivity contribution < 1.29 is 0 Å². The van der Waals surface area contributed by atoms with Gasteiger partial charge in [0.05, 0.1) is 5.69 Å². The molecule has 19 heavy (non-hydrogen) atoms. The third-order valence-electron chi connectivity index (χ3n) is 3.55. The maximum absolute atomic E-state index is 4.81. The highest BCUT2D eigenvalue weighted by molar-refractivity contribution is 5.40. The monoisotopic (exact) mass is 261 g/mol. The molecule has 0 aromatic carbocycles. The molecular formula is C16H27N3. The number of aromatic nitrogens is 1. The van der Waals surface area contributed by atoms with Crippen molar-refractivity contribution in [1.82, 2.24) is 10.3 Å². The fourth-order valence-corrected chi connectivity index (χ4v) is 2.18. The maximum Gasteiger partial charge on any atom is 0.129 e. The van der Waals surface area contributed by atoms with E-state index in [0.717, 1.165) is 30.5 Å². The molecule has 1 N–H and O–H groups in total. The van der Waals surface area contributed by atoms with Gasteiger partial charge in [-0.25, -0.2) is 4.98 Å². The molecule has 0 unspecified atom stereocenters. The Balaban J connectivity index is 2.05. The van der Waals surface area contributed by atoms with Gasteiger partial charge in [-0.05, 0) is 44.7 Å². The lowest BCUT2D eigenvalue weighted by Crippen LogP contribution is -2.33. The lowest BCUT2D eigenvalue weighted by atomic mass is 10.2. The lowest BCUT2D eigenvalue weighted by molar-refractivity contribution is 0.578. The number of nitrogens with zero attached hydrogens (tertiary/aromatic N) is 2. The van der Waals surface area contributed by atoms with Crippen LogP contribution in [0.5, 0.6) is 0 Å². The second-order valence-corrected chi connectivity index (χ2v) is 6.21. The van der Waals surface area contributed by atoms with Crippen LogP contribution in [0.4, 0.5) is 5.82 Å². The predicted octanol–water partition coefficient (Wildman–Crippen LogP) is 3.20. The van der Waals surface area contributed by atoms with Crippen molar-refractivity contribution in [3.63, 3.8) is 0 Å². The van der Waals surface area contributed by atoms with Crippen molar-refractivity contribution in [2.24, 2.45) is 5.92 Å². The highest BCUT2D eigenvalue weighted by Crippen LogP contribution is 2.31. The number of pyridine rings is 1. The Hall–Kier alpha value is -1.09. The van der Waals surface area contributed by atoms with Gasteiger partial charge in [-0.3, -0.25) is 0 Å². The second-order valence-electron chi connectivity index (χ2n) is 6.21. The zero-order chi connectivity index (χ0) is 13.8. The molecule has 1 saturated carbocycles. The highest BCUT2D eigenvalue weighted by atomic mass is 15.2. The smallest absolute Gasteiger partial charge is 0.129 e. The Morgan fingerprint density at radius 1 is 1.26 bits per heavy atom. The number of nitrogens with one attached hydrogen (secondary N) is 1. The van der Waals surface area contributed by atoms with Gasteiger partial charge >= 0.3 is 0 Å². The average molecular weight is 261 g/mol. The van der Waals surface area contributed by atoms with Crippen LogP contribution in [-0.2, 0) is 6.54 Å². The molecule has 3 heteroatoms. The van der Waals surface area contributed by atoms with Gasteiger partial charge in [0.15, 0.2) is 0 Å². The molecule has 0 saturated heterocycles. The van der Waals surface area contributed by atoms with Gasteiger partial charge in [-0.1, -0.05) is 19.9 Å². The van der Waals surface area contributed by atoms with Crippen LogP contribution in [0, 0.1) is 5.92 Å². The van der Waals surface area contributed by atoms with Crippen LogP contribution < -0.4 is 10.2 Å². The molecule has 106 valence electrons.